The van der Waals surface area contributed by atoms with Crippen LogP contribution in [0.25, 0.3) is 11.4 Å². The Bertz CT molecular complexity index is 652. The number of methoxy groups -OCH3 is 1. The molecular formula is C13H11FN4O. The lowest BCUT2D eigenvalue weighted by Gasteiger charge is -2.06. The van der Waals surface area contributed by atoms with Crippen molar-refractivity contribution >= 4 is 5.82 Å². The summed E-state index contributed by atoms with van der Waals surface area (Å²) in [5.41, 5.74) is 0.847. The second kappa shape index (κ2) is 5.31. The molecule has 0 bridgehead atoms. The standard InChI is InChI=1S/C13H11FN4O/c1-16-12-9(6-15)7-17-13(18-12)8-3-4-11(19-2)10(14)5-8/h3-5,7H,1-2H3,(H,16,17,18). The Morgan fingerprint density at radius 1 is 1.42 bits per heavy atom. The lowest BCUT2D eigenvalue weighted by atomic mass is 10.2. The Morgan fingerprint density at radius 2 is 2.21 bits per heavy atom. The average molecular weight is 258 g/mol. The Morgan fingerprint density at radius 3 is 2.79 bits per heavy atom. The molecule has 0 spiro atoms. The Balaban J connectivity index is 2.48. The molecule has 0 radical (unpaired) electrons. The third-order valence-electron chi connectivity index (χ3n) is 2.56. The lowest BCUT2D eigenvalue weighted by Crippen LogP contribution is -2.00. The van der Waals surface area contributed by atoms with Crippen LogP contribution in [0.3, 0.4) is 0 Å². The molecule has 0 saturated carbocycles. The van der Waals surface area contributed by atoms with Gasteiger partial charge in [0.25, 0.3) is 0 Å². The van der Waals surface area contributed by atoms with Gasteiger partial charge in [-0.3, -0.25) is 0 Å². The van der Waals surface area contributed by atoms with Crippen LogP contribution in [0.2, 0.25) is 0 Å². The molecule has 0 aliphatic heterocycles. The molecule has 2 rings (SSSR count). The fourth-order valence-corrected chi connectivity index (χ4v) is 1.60. The van der Waals surface area contributed by atoms with Crippen molar-refractivity contribution in [1.82, 2.24) is 9.97 Å². The van der Waals surface area contributed by atoms with Crippen molar-refractivity contribution in [3.05, 3.63) is 35.8 Å². The molecule has 0 atom stereocenters. The first-order valence-electron chi connectivity index (χ1n) is 5.48. The number of anilines is 1. The molecule has 1 heterocycles. The van der Waals surface area contributed by atoms with Gasteiger partial charge in [0.05, 0.1) is 13.3 Å². The normalized spacial score (nSPS) is 9.79. The van der Waals surface area contributed by atoms with Crippen LogP contribution in [-0.4, -0.2) is 24.1 Å². The van der Waals surface area contributed by atoms with E-state index in [-0.39, 0.29) is 5.75 Å². The number of benzene rings is 1. The summed E-state index contributed by atoms with van der Waals surface area (Å²) in [5, 5.41) is 11.7. The van der Waals surface area contributed by atoms with E-state index < -0.39 is 5.82 Å². The van der Waals surface area contributed by atoms with Gasteiger partial charge in [0, 0.05) is 12.6 Å². The van der Waals surface area contributed by atoms with E-state index in [9.17, 15) is 4.39 Å². The molecule has 0 aliphatic rings. The zero-order valence-corrected chi connectivity index (χ0v) is 10.4. The van der Waals surface area contributed by atoms with Crippen molar-refractivity contribution in [3.8, 4) is 23.2 Å². The first-order valence-corrected chi connectivity index (χ1v) is 5.48. The Kier molecular flexibility index (Phi) is 3.57. The fourth-order valence-electron chi connectivity index (χ4n) is 1.60. The number of rotatable bonds is 3. The van der Waals surface area contributed by atoms with Gasteiger partial charge in [-0.2, -0.15) is 5.26 Å². The summed E-state index contributed by atoms with van der Waals surface area (Å²) in [5.74, 6) is 0.416. The van der Waals surface area contributed by atoms with Gasteiger partial charge in [0.15, 0.2) is 17.4 Å². The van der Waals surface area contributed by atoms with E-state index in [2.05, 4.69) is 15.3 Å². The van der Waals surface area contributed by atoms with E-state index >= 15 is 0 Å². The third-order valence-corrected chi connectivity index (χ3v) is 2.56. The number of nitrogens with zero attached hydrogens (tertiary/aromatic N) is 3. The largest absolute Gasteiger partial charge is 0.494 e. The van der Waals surface area contributed by atoms with Gasteiger partial charge in [-0.05, 0) is 18.2 Å². The second-order valence-corrected chi connectivity index (χ2v) is 3.67. The van der Waals surface area contributed by atoms with E-state index in [1.54, 1.807) is 13.1 Å². The van der Waals surface area contributed by atoms with Crippen LogP contribution >= 0.6 is 0 Å². The van der Waals surface area contributed by atoms with E-state index in [0.717, 1.165) is 0 Å². The van der Waals surface area contributed by atoms with Crippen LogP contribution in [-0.2, 0) is 0 Å². The van der Waals surface area contributed by atoms with E-state index in [4.69, 9.17) is 10.00 Å². The average Bonchev–Trinajstić information content (AvgIpc) is 2.46. The first-order chi connectivity index (χ1) is 9.19. The molecule has 2 aromatic rings. The highest BCUT2D eigenvalue weighted by molar-refractivity contribution is 5.61. The predicted octanol–water partition coefficient (Wildman–Crippen LogP) is 2.20. The molecule has 0 saturated heterocycles. The highest BCUT2D eigenvalue weighted by Crippen LogP contribution is 2.24. The smallest absolute Gasteiger partial charge is 0.165 e. The van der Waals surface area contributed by atoms with Gasteiger partial charge in [0.1, 0.15) is 17.5 Å². The molecule has 19 heavy (non-hydrogen) atoms. The number of aromatic nitrogens is 2. The van der Waals surface area contributed by atoms with Crippen LogP contribution in [0.5, 0.6) is 5.75 Å². The van der Waals surface area contributed by atoms with Gasteiger partial charge in [-0.25, -0.2) is 14.4 Å². The van der Waals surface area contributed by atoms with Gasteiger partial charge in [0.2, 0.25) is 0 Å². The summed E-state index contributed by atoms with van der Waals surface area (Å²) in [6.07, 6.45) is 1.40. The van der Waals surface area contributed by atoms with E-state index in [0.29, 0.717) is 22.8 Å². The molecule has 1 N–H and O–H groups in total. The molecule has 1 aromatic heterocycles. The topological polar surface area (TPSA) is 70.8 Å². The van der Waals surface area contributed by atoms with Crippen LogP contribution in [0.1, 0.15) is 5.56 Å². The van der Waals surface area contributed by atoms with Crippen molar-refractivity contribution in [1.29, 1.82) is 5.26 Å². The van der Waals surface area contributed by atoms with E-state index in [1.165, 1.54) is 25.4 Å². The van der Waals surface area contributed by atoms with Gasteiger partial charge in [-0.15, -0.1) is 0 Å². The second-order valence-electron chi connectivity index (χ2n) is 3.67. The summed E-state index contributed by atoms with van der Waals surface area (Å²) < 4.78 is 18.5. The zero-order chi connectivity index (χ0) is 13.8. The molecule has 0 fully saturated rings. The summed E-state index contributed by atoms with van der Waals surface area (Å²) >= 11 is 0. The molecular weight excluding hydrogens is 247 g/mol. The minimum Gasteiger partial charge on any atom is -0.494 e. The van der Waals surface area contributed by atoms with Crippen molar-refractivity contribution in [3.63, 3.8) is 0 Å². The van der Waals surface area contributed by atoms with Gasteiger partial charge >= 0.3 is 0 Å². The highest BCUT2D eigenvalue weighted by Gasteiger charge is 2.10. The lowest BCUT2D eigenvalue weighted by molar-refractivity contribution is 0.386. The summed E-state index contributed by atoms with van der Waals surface area (Å²) in [4.78, 5) is 8.22. The fraction of sp³-hybridized carbons (Fsp3) is 0.154. The number of nitrogens with one attached hydrogen (secondary N) is 1. The molecule has 5 nitrogen and oxygen atoms in total. The molecule has 96 valence electrons. The highest BCUT2D eigenvalue weighted by atomic mass is 19.1. The molecule has 0 amide bonds. The minimum absolute atomic E-state index is 0.159. The molecule has 0 unspecified atom stereocenters. The van der Waals surface area contributed by atoms with Gasteiger partial charge in [-0.1, -0.05) is 0 Å². The van der Waals surface area contributed by atoms with Crippen molar-refractivity contribution in [2.24, 2.45) is 0 Å². The number of ether oxygens (including phenoxy) is 1. The maximum absolute atomic E-state index is 13.6. The van der Waals surface area contributed by atoms with Crippen LogP contribution in [0, 0.1) is 17.1 Å². The maximum atomic E-state index is 13.6. The summed E-state index contributed by atoms with van der Waals surface area (Å²) in [6, 6.07) is 6.43. The number of halogens is 1. The Labute approximate surface area is 109 Å². The molecule has 6 heteroatoms. The van der Waals surface area contributed by atoms with Crippen LogP contribution < -0.4 is 10.1 Å². The molecule has 1 aromatic carbocycles. The predicted molar refractivity (Wildman–Crippen MR) is 68.2 cm³/mol. The number of hydrogen-bond acceptors (Lipinski definition) is 5. The zero-order valence-electron chi connectivity index (χ0n) is 10.4. The van der Waals surface area contributed by atoms with E-state index in [1.807, 2.05) is 6.07 Å². The summed E-state index contributed by atoms with van der Waals surface area (Å²) in [7, 11) is 3.05. The van der Waals surface area contributed by atoms with Gasteiger partial charge < -0.3 is 10.1 Å². The quantitative estimate of drug-likeness (QED) is 0.913. The van der Waals surface area contributed by atoms with Crippen molar-refractivity contribution in [2.75, 3.05) is 19.5 Å². The van der Waals surface area contributed by atoms with Crippen LogP contribution in [0.4, 0.5) is 10.2 Å². The first kappa shape index (κ1) is 12.8. The van der Waals surface area contributed by atoms with Crippen molar-refractivity contribution < 1.29 is 9.13 Å². The monoisotopic (exact) mass is 258 g/mol. The van der Waals surface area contributed by atoms with Crippen molar-refractivity contribution in [2.45, 2.75) is 0 Å². The minimum atomic E-state index is -0.487. The Hall–Kier alpha value is -2.68. The summed E-state index contributed by atoms with van der Waals surface area (Å²) in [6.45, 7) is 0. The number of nitriles is 1. The number of hydrogen-bond donors (Lipinski definition) is 1. The third kappa shape index (κ3) is 2.45. The molecule has 0 aliphatic carbocycles. The SMILES string of the molecule is CNc1nc(-c2ccc(OC)c(F)c2)ncc1C#N. The van der Waals surface area contributed by atoms with Crippen LogP contribution in [0.15, 0.2) is 24.4 Å². The maximum Gasteiger partial charge on any atom is 0.165 e.